The number of ether oxygens (including phenoxy) is 1. The molecule has 0 radical (unpaired) electrons. The molecular formula is C17H18N2O3S. The highest BCUT2D eigenvalue weighted by Crippen LogP contribution is 2.27. The molecule has 0 bridgehead atoms. The summed E-state index contributed by atoms with van der Waals surface area (Å²) < 4.78 is 8.05. The number of aryl methyl sites for hydroxylation is 1. The van der Waals surface area contributed by atoms with Gasteiger partial charge in [-0.1, -0.05) is 30.7 Å². The van der Waals surface area contributed by atoms with E-state index in [-0.39, 0.29) is 17.9 Å². The molecule has 0 aliphatic carbocycles. The van der Waals surface area contributed by atoms with Gasteiger partial charge in [-0.3, -0.25) is 14.0 Å². The van der Waals surface area contributed by atoms with E-state index in [2.05, 4.69) is 11.9 Å². The normalized spacial score (nSPS) is 11.2. The van der Waals surface area contributed by atoms with Crippen LogP contribution in [0.5, 0.6) is 0 Å². The Labute approximate surface area is 137 Å². The van der Waals surface area contributed by atoms with Crippen LogP contribution in [0.1, 0.15) is 31.5 Å². The summed E-state index contributed by atoms with van der Waals surface area (Å²) >= 11 is 1.47. The lowest BCUT2D eigenvalue weighted by atomic mass is 10.1. The first-order valence-electron chi connectivity index (χ1n) is 7.72. The van der Waals surface area contributed by atoms with Crippen molar-refractivity contribution in [3.05, 3.63) is 45.9 Å². The summed E-state index contributed by atoms with van der Waals surface area (Å²) in [6.07, 6.45) is 2.05. The number of hydrogen-bond donors (Lipinski definition) is 0. The number of thiazole rings is 1. The third-order valence-electron chi connectivity index (χ3n) is 3.60. The van der Waals surface area contributed by atoms with Crippen LogP contribution in [0.3, 0.4) is 0 Å². The van der Waals surface area contributed by atoms with Gasteiger partial charge in [0.25, 0.3) is 5.56 Å². The third-order valence-corrected chi connectivity index (χ3v) is 4.60. The van der Waals surface area contributed by atoms with Crippen molar-refractivity contribution in [2.75, 3.05) is 6.61 Å². The van der Waals surface area contributed by atoms with Gasteiger partial charge in [0.2, 0.25) is 0 Å². The van der Waals surface area contributed by atoms with Crippen LogP contribution in [0.25, 0.3) is 15.2 Å². The molecule has 0 unspecified atom stereocenters. The molecule has 0 N–H and O–H groups in total. The van der Waals surface area contributed by atoms with Crippen LogP contribution in [-0.4, -0.2) is 22.0 Å². The zero-order chi connectivity index (χ0) is 16.4. The molecule has 2 aromatic heterocycles. The monoisotopic (exact) mass is 330 g/mol. The second-order valence-corrected chi connectivity index (χ2v) is 6.35. The Morgan fingerprint density at radius 2 is 2.13 bits per heavy atom. The molecule has 0 fully saturated rings. The van der Waals surface area contributed by atoms with E-state index in [1.165, 1.54) is 11.3 Å². The highest BCUT2D eigenvalue weighted by Gasteiger charge is 2.12. The zero-order valence-corrected chi connectivity index (χ0v) is 14.0. The number of fused-ring (bicyclic) bond motifs is 3. The maximum atomic E-state index is 11.8. The van der Waals surface area contributed by atoms with Crippen molar-refractivity contribution < 1.29 is 9.53 Å². The highest BCUT2D eigenvalue weighted by molar-refractivity contribution is 7.23. The molecule has 23 heavy (non-hydrogen) atoms. The van der Waals surface area contributed by atoms with Crippen molar-refractivity contribution in [3.8, 4) is 0 Å². The Hall–Kier alpha value is -2.21. The molecule has 0 atom stereocenters. The topological polar surface area (TPSA) is 60.7 Å². The number of hydrogen-bond acceptors (Lipinski definition) is 5. The van der Waals surface area contributed by atoms with Gasteiger partial charge in [0.1, 0.15) is 0 Å². The predicted octanol–water partition coefficient (Wildman–Crippen LogP) is 2.97. The van der Waals surface area contributed by atoms with E-state index in [4.69, 9.17) is 4.74 Å². The first-order valence-corrected chi connectivity index (χ1v) is 8.53. The fourth-order valence-electron chi connectivity index (χ4n) is 2.68. The van der Waals surface area contributed by atoms with Gasteiger partial charge >= 0.3 is 5.97 Å². The molecule has 3 aromatic rings. The van der Waals surface area contributed by atoms with Crippen molar-refractivity contribution in [2.24, 2.45) is 0 Å². The molecule has 3 rings (SSSR count). The number of nitrogens with zero attached hydrogens (tertiary/aromatic N) is 2. The number of carbonyl (C=O) groups is 1. The van der Waals surface area contributed by atoms with Crippen LogP contribution in [0.2, 0.25) is 0 Å². The first-order chi connectivity index (χ1) is 11.1. The molecule has 1 aromatic carbocycles. The number of aromatic nitrogens is 2. The minimum atomic E-state index is -0.229. The van der Waals surface area contributed by atoms with Crippen LogP contribution >= 0.6 is 11.3 Å². The lowest BCUT2D eigenvalue weighted by Crippen LogP contribution is -2.10. The standard InChI is InChI=1S/C17H18N2O3S/c1-3-5-12-10-15(20)18-17-19(12)13-7-6-11(8-14(13)23-17)9-16(21)22-4-2/h6-8,10H,3-5,9H2,1-2H3. The van der Waals surface area contributed by atoms with E-state index < -0.39 is 0 Å². The smallest absolute Gasteiger partial charge is 0.310 e. The quantitative estimate of drug-likeness (QED) is 0.675. The average Bonchev–Trinajstić information content (AvgIpc) is 2.84. The molecule has 2 heterocycles. The largest absolute Gasteiger partial charge is 0.466 e. The molecule has 0 saturated heterocycles. The van der Waals surface area contributed by atoms with Crippen LogP contribution in [-0.2, 0) is 22.4 Å². The van der Waals surface area contributed by atoms with Gasteiger partial charge in [0, 0.05) is 11.8 Å². The van der Waals surface area contributed by atoms with E-state index >= 15 is 0 Å². The summed E-state index contributed by atoms with van der Waals surface area (Å²) in [7, 11) is 0. The Morgan fingerprint density at radius 3 is 2.87 bits per heavy atom. The fraction of sp³-hybridized carbons (Fsp3) is 0.353. The van der Waals surface area contributed by atoms with E-state index in [0.29, 0.717) is 11.6 Å². The highest BCUT2D eigenvalue weighted by atomic mass is 32.1. The van der Waals surface area contributed by atoms with Crippen molar-refractivity contribution in [1.29, 1.82) is 0 Å². The minimum absolute atomic E-state index is 0.202. The summed E-state index contributed by atoms with van der Waals surface area (Å²) in [6.45, 7) is 4.27. The van der Waals surface area contributed by atoms with Gasteiger partial charge in [0.05, 0.1) is 23.2 Å². The summed E-state index contributed by atoms with van der Waals surface area (Å²) in [5.74, 6) is -0.229. The number of rotatable bonds is 5. The maximum absolute atomic E-state index is 11.8. The summed E-state index contributed by atoms with van der Waals surface area (Å²) in [4.78, 5) is 28.2. The Bertz CT molecular complexity index is 927. The lowest BCUT2D eigenvalue weighted by molar-refractivity contribution is -0.142. The van der Waals surface area contributed by atoms with Crippen LogP contribution in [0.15, 0.2) is 29.1 Å². The molecular weight excluding hydrogens is 312 g/mol. The summed E-state index contributed by atoms with van der Waals surface area (Å²) in [5, 5.41) is 0. The maximum Gasteiger partial charge on any atom is 0.310 e. The Morgan fingerprint density at radius 1 is 1.30 bits per heavy atom. The van der Waals surface area contributed by atoms with Crippen LogP contribution in [0, 0.1) is 0 Å². The molecule has 6 heteroatoms. The summed E-state index contributed by atoms with van der Waals surface area (Å²) in [5.41, 5.74) is 2.70. The van der Waals surface area contributed by atoms with Crippen LogP contribution in [0.4, 0.5) is 0 Å². The predicted molar refractivity (Wildman–Crippen MR) is 91.2 cm³/mol. The van der Waals surface area contributed by atoms with Gasteiger partial charge in [0.15, 0.2) is 4.96 Å². The minimum Gasteiger partial charge on any atom is -0.466 e. The Balaban J connectivity index is 2.10. The van der Waals surface area contributed by atoms with E-state index in [1.54, 1.807) is 13.0 Å². The lowest BCUT2D eigenvalue weighted by Gasteiger charge is -2.05. The molecule has 5 nitrogen and oxygen atoms in total. The van der Waals surface area contributed by atoms with Gasteiger partial charge in [-0.25, -0.2) is 0 Å². The zero-order valence-electron chi connectivity index (χ0n) is 13.2. The van der Waals surface area contributed by atoms with E-state index in [1.807, 2.05) is 22.6 Å². The van der Waals surface area contributed by atoms with Gasteiger partial charge in [-0.15, -0.1) is 0 Å². The fourth-order valence-corrected chi connectivity index (χ4v) is 3.80. The third kappa shape index (κ3) is 3.12. The van der Waals surface area contributed by atoms with E-state index in [0.717, 1.165) is 34.3 Å². The second kappa shape index (κ2) is 6.50. The van der Waals surface area contributed by atoms with Crippen molar-refractivity contribution in [2.45, 2.75) is 33.1 Å². The SMILES string of the molecule is CCCc1cc(=O)nc2sc3cc(CC(=O)OCC)ccc3n12. The van der Waals surface area contributed by atoms with E-state index in [9.17, 15) is 9.59 Å². The molecule has 0 amide bonds. The summed E-state index contributed by atoms with van der Waals surface area (Å²) in [6, 6.07) is 7.50. The van der Waals surface area contributed by atoms with Crippen molar-refractivity contribution in [3.63, 3.8) is 0 Å². The van der Waals surface area contributed by atoms with Gasteiger partial charge < -0.3 is 4.74 Å². The number of benzene rings is 1. The average molecular weight is 330 g/mol. The van der Waals surface area contributed by atoms with Crippen molar-refractivity contribution in [1.82, 2.24) is 9.38 Å². The first kappa shape index (κ1) is 15.7. The Kier molecular flexibility index (Phi) is 4.43. The van der Waals surface area contributed by atoms with Crippen LogP contribution < -0.4 is 5.56 Å². The molecule has 0 aliphatic rings. The van der Waals surface area contributed by atoms with Gasteiger partial charge in [-0.2, -0.15) is 4.98 Å². The van der Waals surface area contributed by atoms with Crippen molar-refractivity contribution >= 4 is 32.5 Å². The molecule has 0 spiro atoms. The number of esters is 1. The molecule has 120 valence electrons. The number of carbonyl (C=O) groups excluding carboxylic acids is 1. The molecule has 0 aliphatic heterocycles. The second-order valence-electron chi connectivity index (χ2n) is 5.34. The molecule has 0 saturated carbocycles. The van der Waals surface area contributed by atoms with Gasteiger partial charge in [-0.05, 0) is 31.0 Å².